The van der Waals surface area contributed by atoms with Crippen LogP contribution in [0.3, 0.4) is 0 Å². The van der Waals surface area contributed by atoms with E-state index in [9.17, 15) is 14.0 Å². The molecule has 2 amide bonds. The zero-order valence-corrected chi connectivity index (χ0v) is 18.7. The van der Waals surface area contributed by atoms with Gasteiger partial charge in [-0.1, -0.05) is 53.4 Å². The van der Waals surface area contributed by atoms with Gasteiger partial charge in [0.1, 0.15) is 11.9 Å². The largest absolute Gasteiger partial charge is 0.349 e. The van der Waals surface area contributed by atoms with Crippen LogP contribution in [0.25, 0.3) is 0 Å². The van der Waals surface area contributed by atoms with E-state index in [0.29, 0.717) is 12.0 Å². The van der Waals surface area contributed by atoms with Crippen molar-refractivity contribution < 1.29 is 14.0 Å². The van der Waals surface area contributed by atoms with Crippen molar-refractivity contribution in [3.8, 4) is 0 Å². The highest BCUT2D eigenvalue weighted by Gasteiger charge is 2.37. The number of carbonyl (C=O) groups excluding carboxylic acids is 2. The van der Waals surface area contributed by atoms with Crippen molar-refractivity contribution in [2.45, 2.75) is 45.7 Å². The summed E-state index contributed by atoms with van der Waals surface area (Å²) in [5.41, 5.74) is 1.03. The van der Waals surface area contributed by atoms with Crippen LogP contribution in [0.15, 0.2) is 53.9 Å². The maximum Gasteiger partial charge on any atom is 0.280 e. The number of rotatable bonds is 7. The van der Waals surface area contributed by atoms with Gasteiger partial charge in [-0.2, -0.15) is 0 Å². The highest BCUT2D eigenvalue weighted by atomic mass is 32.1. The Bertz CT molecular complexity index is 1070. The zero-order valence-electron chi connectivity index (χ0n) is 17.9. The summed E-state index contributed by atoms with van der Waals surface area (Å²) >= 11 is 1.01. The number of aromatic nitrogens is 2. The van der Waals surface area contributed by atoms with E-state index in [4.69, 9.17) is 0 Å². The van der Waals surface area contributed by atoms with Crippen molar-refractivity contribution >= 4 is 29.0 Å². The smallest absolute Gasteiger partial charge is 0.280 e. The average molecular weight is 441 g/mol. The van der Waals surface area contributed by atoms with Gasteiger partial charge in [0, 0.05) is 10.9 Å². The molecule has 31 heavy (non-hydrogen) atoms. The molecule has 6 nitrogen and oxygen atoms in total. The molecule has 0 unspecified atom stereocenters. The van der Waals surface area contributed by atoms with Crippen LogP contribution in [0.4, 0.5) is 10.1 Å². The molecule has 0 aliphatic rings. The van der Waals surface area contributed by atoms with E-state index in [1.165, 1.54) is 28.5 Å². The lowest BCUT2D eigenvalue weighted by Gasteiger charge is -2.34. The molecular formula is C23H25FN4O2S. The van der Waals surface area contributed by atoms with Gasteiger partial charge in [0.2, 0.25) is 5.91 Å². The molecule has 0 saturated carbocycles. The Kier molecular flexibility index (Phi) is 6.80. The van der Waals surface area contributed by atoms with Gasteiger partial charge in [0.15, 0.2) is 5.69 Å². The number of para-hydroxylation sites is 1. The summed E-state index contributed by atoms with van der Waals surface area (Å²) in [6.45, 7) is 7.66. The van der Waals surface area contributed by atoms with E-state index in [2.05, 4.69) is 14.9 Å². The number of benzene rings is 2. The topological polar surface area (TPSA) is 75.2 Å². The van der Waals surface area contributed by atoms with E-state index >= 15 is 0 Å². The molecule has 1 aromatic heterocycles. The molecular weight excluding hydrogens is 415 g/mol. The highest BCUT2D eigenvalue weighted by molar-refractivity contribution is 7.03. The average Bonchev–Trinajstić information content (AvgIpc) is 3.26. The van der Waals surface area contributed by atoms with E-state index in [-0.39, 0.29) is 11.4 Å². The number of nitrogens with zero attached hydrogens (tertiary/aromatic N) is 3. The van der Waals surface area contributed by atoms with Gasteiger partial charge in [0.05, 0.1) is 5.69 Å². The normalized spacial score (nSPS) is 12.3. The molecule has 2 aromatic carbocycles. The second-order valence-electron chi connectivity index (χ2n) is 7.96. The third-order valence-corrected chi connectivity index (χ3v) is 5.62. The summed E-state index contributed by atoms with van der Waals surface area (Å²) in [6, 6.07) is 12.1. The minimum atomic E-state index is -1.10. The van der Waals surface area contributed by atoms with Gasteiger partial charge in [-0.05, 0) is 56.4 Å². The summed E-state index contributed by atoms with van der Waals surface area (Å²) in [7, 11) is 0. The molecule has 0 aliphatic carbocycles. The molecule has 0 aliphatic heterocycles. The van der Waals surface area contributed by atoms with Crippen LogP contribution in [-0.2, 0) is 4.79 Å². The number of hydrogen-bond acceptors (Lipinski definition) is 5. The molecule has 3 aromatic rings. The molecule has 162 valence electrons. The first-order valence-electron chi connectivity index (χ1n) is 9.97. The summed E-state index contributed by atoms with van der Waals surface area (Å²) in [4.78, 5) is 28.2. The fourth-order valence-corrected chi connectivity index (χ4v) is 3.57. The Morgan fingerprint density at radius 3 is 2.55 bits per heavy atom. The first-order chi connectivity index (χ1) is 14.7. The molecule has 3 rings (SSSR count). The molecule has 1 atom stereocenters. The first kappa shape index (κ1) is 22.6. The lowest BCUT2D eigenvalue weighted by molar-refractivity contribution is -0.124. The van der Waals surface area contributed by atoms with Crippen molar-refractivity contribution in [3.05, 3.63) is 76.5 Å². The number of halogens is 1. The number of anilines is 1. The Labute approximate surface area is 185 Å². The molecule has 1 heterocycles. The van der Waals surface area contributed by atoms with Crippen LogP contribution >= 0.6 is 11.5 Å². The minimum absolute atomic E-state index is 0.00328. The Morgan fingerprint density at radius 1 is 1.19 bits per heavy atom. The SMILES string of the molecule is CCC(C)(C)NC(=O)[C@@H](c1cccc(C)c1)N(C(=O)c1csnn1)c1ccccc1F. The quantitative estimate of drug-likeness (QED) is 0.579. The second kappa shape index (κ2) is 9.34. The summed E-state index contributed by atoms with van der Waals surface area (Å²) in [6.07, 6.45) is 0.683. The van der Waals surface area contributed by atoms with Crippen LogP contribution in [0.1, 0.15) is 54.8 Å². The van der Waals surface area contributed by atoms with Gasteiger partial charge in [-0.15, -0.1) is 5.10 Å². The van der Waals surface area contributed by atoms with Crippen LogP contribution in [-0.4, -0.2) is 26.9 Å². The monoisotopic (exact) mass is 440 g/mol. The number of carbonyl (C=O) groups is 2. The first-order valence-corrected chi connectivity index (χ1v) is 10.8. The van der Waals surface area contributed by atoms with E-state index < -0.39 is 29.2 Å². The van der Waals surface area contributed by atoms with Gasteiger partial charge in [-0.25, -0.2) is 4.39 Å². The van der Waals surface area contributed by atoms with Crippen molar-refractivity contribution in [1.82, 2.24) is 14.9 Å². The van der Waals surface area contributed by atoms with Crippen LogP contribution in [0.5, 0.6) is 0 Å². The Balaban J connectivity index is 2.20. The fraction of sp³-hybridized carbons (Fsp3) is 0.304. The van der Waals surface area contributed by atoms with Gasteiger partial charge in [0.25, 0.3) is 5.91 Å². The maximum atomic E-state index is 14.9. The Hall–Kier alpha value is -3.13. The molecule has 0 fully saturated rings. The standard InChI is InChI=1S/C23H25FN4O2S/c1-5-23(3,4)25-21(29)20(16-10-8-9-15(2)13-16)28(19-12-7-6-11-17(19)24)22(30)18-14-31-27-26-18/h6-14,20H,5H2,1-4H3,(H,25,29)/t20-/m1/s1. The highest BCUT2D eigenvalue weighted by Crippen LogP contribution is 2.32. The fourth-order valence-electron chi connectivity index (χ4n) is 3.14. The van der Waals surface area contributed by atoms with Crippen LogP contribution in [0, 0.1) is 12.7 Å². The summed E-state index contributed by atoms with van der Waals surface area (Å²) in [5, 5.41) is 8.35. The van der Waals surface area contributed by atoms with Crippen molar-refractivity contribution in [2.75, 3.05) is 4.90 Å². The third kappa shape index (κ3) is 5.14. The molecule has 0 spiro atoms. The second-order valence-corrected chi connectivity index (χ2v) is 8.57. The van der Waals surface area contributed by atoms with Crippen LogP contribution in [0.2, 0.25) is 0 Å². The van der Waals surface area contributed by atoms with Crippen molar-refractivity contribution in [2.24, 2.45) is 0 Å². The van der Waals surface area contributed by atoms with E-state index in [1.807, 2.05) is 45.9 Å². The third-order valence-electron chi connectivity index (χ3n) is 5.12. The zero-order chi connectivity index (χ0) is 22.6. The molecule has 8 heteroatoms. The molecule has 0 radical (unpaired) electrons. The summed E-state index contributed by atoms with van der Waals surface area (Å²) in [5.74, 6) is -1.62. The molecule has 0 bridgehead atoms. The van der Waals surface area contributed by atoms with Crippen molar-refractivity contribution in [3.63, 3.8) is 0 Å². The van der Waals surface area contributed by atoms with Gasteiger partial charge < -0.3 is 5.32 Å². The number of hydrogen-bond donors (Lipinski definition) is 1. The number of amides is 2. The van der Waals surface area contributed by atoms with Gasteiger partial charge >= 0.3 is 0 Å². The molecule has 0 saturated heterocycles. The predicted octanol–water partition coefficient (Wildman–Crippen LogP) is 4.68. The van der Waals surface area contributed by atoms with Gasteiger partial charge in [-0.3, -0.25) is 14.5 Å². The minimum Gasteiger partial charge on any atom is -0.349 e. The predicted molar refractivity (Wildman–Crippen MR) is 120 cm³/mol. The van der Waals surface area contributed by atoms with E-state index in [0.717, 1.165) is 17.1 Å². The lowest BCUT2D eigenvalue weighted by Crippen LogP contribution is -2.50. The Morgan fingerprint density at radius 2 is 1.94 bits per heavy atom. The number of nitrogens with one attached hydrogen (secondary N) is 1. The lowest BCUT2D eigenvalue weighted by atomic mass is 9.97. The van der Waals surface area contributed by atoms with Crippen molar-refractivity contribution in [1.29, 1.82) is 0 Å². The number of aryl methyl sites for hydroxylation is 1. The van der Waals surface area contributed by atoms with E-state index in [1.54, 1.807) is 12.1 Å². The molecule has 1 N–H and O–H groups in total. The summed E-state index contributed by atoms with van der Waals surface area (Å²) < 4.78 is 18.7. The maximum absolute atomic E-state index is 14.9. The van der Waals surface area contributed by atoms with Crippen LogP contribution < -0.4 is 10.2 Å².